The minimum absolute atomic E-state index is 0.101. The second-order valence-corrected chi connectivity index (χ2v) is 4.36. The van der Waals surface area contributed by atoms with E-state index in [0.717, 1.165) is 0 Å². The third-order valence-electron chi connectivity index (χ3n) is 2.60. The number of carbonyl (C=O) groups excluding carboxylic acids is 2. The fourth-order valence-electron chi connectivity index (χ4n) is 1.65. The molecule has 0 saturated heterocycles. The van der Waals surface area contributed by atoms with Crippen molar-refractivity contribution in [1.82, 2.24) is 0 Å². The van der Waals surface area contributed by atoms with E-state index in [1.165, 1.54) is 32.4 Å². The Kier molecular flexibility index (Phi) is 6.61. The fraction of sp³-hybridized carbons (Fsp3) is 0.429. The van der Waals surface area contributed by atoms with Crippen molar-refractivity contribution in [3.05, 3.63) is 29.6 Å². The van der Waals surface area contributed by atoms with Gasteiger partial charge in [0.1, 0.15) is 5.82 Å². The van der Waals surface area contributed by atoms with E-state index in [0.29, 0.717) is 5.69 Å². The Balaban J connectivity index is 2.60. The molecule has 0 spiro atoms. The van der Waals surface area contributed by atoms with Crippen LogP contribution in [0.5, 0.6) is 0 Å². The SMILES string of the molecule is COCOC(=O)C[C@@H](C)Nc1ccc(C(=O)OC)c(F)c1. The Labute approximate surface area is 122 Å². The second kappa shape index (κ2) is 8.21. The minimum atomic E-state index is -0.741. The van der Waals surface area contributed by atoms with Gasteiger partial charge in [-0.05, 0) is 25.1 Å². The molecule has 0 unspecified atom stereocenters. The maximum absolute atomic E-state index is 13.7. The summed E-state index contributed by atoms with van der Waals surface area (Å²) in [5.41, 5.74) is 0.308. The second-order valence-electron chi connectivity index (χ2n) is 4.36. The molecule has 1 rings (SSSR count). The number of benzene rings is 1. The Morgan fingerprint density at radius 3 is 2.62 bits per heavy atom. The molecule has 0 aliphatic carbocycles. The fourth-order valence-corrected chi connectivity index (χ4v) is 1.65. The molecule has 1 aromatic carbocycles. The van der Waals surface area contributed by atoms with Crippen LogP contribution >= 0.6 is 0 Å². The average molecular weight is 299 g/mol. The van der Waals surface area contributed by atoms with Crippen molar-refractivity contribution in [2.24, 2.45) is 0 Å². The van der Waals surface area contributed by atoms with E-state index in [1.807, 2.05) is 0 Å². The van der Waals surface area contributed by atoms with Crippen LogP contribution in [-0.4, -0.2) is 39.0 Å². The lowest BCUT2D eigenvalue weighted by Gasteiger charge is -2.15. The summed E-state index contributed by atoms with van der Waals surface area (Å²) in [6.07, 6.45) is 0.101. The molecule has 1 aromatic rings. The van der Waals surface area contributed by atoms with Gasteiger partial charge in [0.05, 0.1) is 19.1 Å². The van der Waals surface area contributed by atoms with Crippen molar-refractivity contribution in [2.45, 2.75) is 19.4 Å². The Morgan fingerprint density at radius 1 is 1.33 bits per heavy atom. The summed E-state index contributed by atoms with van der Waals surface area (Å²) in [7, 11) is 2.60. The van der Waals surface area contributed by atoms with Gasteiger partial charge in [0.15, 0.2) is 6.79 Å². The van der Waals surface area contributed by atoms with Gasteiger partial charge >= 0.3 is 11.9 Å². The molecular formula is C14H18FNO5. The van der Waals surface area contributed by atoms with Crippen LogP contribution in [0.2, 0.25) is 0 Å². The number of anilines is 1. The highest BCUT2D eigenvalue weighted by Gasteiger charge is 2.14. The van der Waals surface area contributed by atoms with E-state index in [1.54, 1.807) is 6.92 Å². The van der Waals surface area contributed by atoms with Crippen LogP contribution in [0.1, 0.15) is 23.7 Å². The van der Waals surface area contributed by atoms with Gasteiger partial charge in [-0.25, -0.2) is 9.18 Å². The molecule has 0 radical (unpaired) electrons. The number of hydrogen-bond donors (Lipinski definition) is 1. The van der Waals surface area contributed by atoms with E-state index in [4.69, 9.17) is 4.74 Å². The molecule has 0 aliphatic heterocycles. The van der Waals surface area contributed by atoms with Crippen LogP contribution in [0.15, 0.2) is 18.2 Å². The summed E-state index contributed by atoms with van der Waals surface area (Å²) in [6.45, 7) is 1.65. The zero-order valence-corrected chi connectivity index (χ0v) is 12.1. The first kappa shape index (κ1) is 16.9. The number of carbonyl (C=O) groups is 2. The summed E-state index contributed by atoms with van der Waals surface area (Å²) >= 11 is 0. The van der Waals surface area contributed by atoms with E-state index in [9.17, 15) is 14.0 Å². The molecule has 1 atom stereocenters. The summed E-state index contributed by atoms with van der Waals surface area (Å²) in [5.74, 6) is -1.86. The Bertz CT molecular complexity index is 506. The Morgan fingerprint density at radius 2 is 2.05 bits per heavy atom. The first-order chi connectivity index (χ1) is 9.97. The van der Waals surface area contributed by atoms with Crippen molar-refractivity contribution >= 4 is 17.6 Å². The molecule has 1 N–H and O–H groups in total. The zero-order chi connectivity index (χ0) is 15.8. The van der Waals surface area contributed by atoms with Gasteiger partial charge in [-0.1, -0.05) is 0 Å². The molecule has 21 heavy (non-hydrogen) atoms. The first-order valence-corrected chi connectivity index (χ1v) is 6.27. The van der Waals surface area contributed by atoms with Gasteiger partial charge in [-0.15, -0.1) is 0 Å². The van der Waals surface area contributed by atoms with Gasteiger partial charge < -0.3 is 19.5 Å². The number of ether oxygens (including phenoxy) is 3. The smallest absolute Gasteiger partial charge is 0.340 e. The van der Waals surface area contributed by atoms with Gasteiger partial charge in [-0.2, -0.15) is 0 Å². The molecule has 0 heterocycles. The molecule has 0 saturated carbocycles. The molecule has 116 valence electrons. The summed E-state index contributed by atoms with van der Waals surface area (Å²) in [4.78, 5) is 22.6. The van der Waals surface area contributed by atoms with Crippen LogP contribution in [0.3, 0.4) is 0 Å². The highest BCUT2D eigenvalue weighted by Crippen LogP contribution is 2.17. The zero-order valence-electron chi connectivity index (χ0n) is 12.1. The molecule has 7 heteroatoms. The van der Waals surface area contributed by atoms with Crippen molar-refractivity contribution in [3.63, 3.8) is 0 Å². The van der Waals surface area contributed by atoms with E-state index in [2.05, 4.69) is 14.8 Å². The Hall–Kier alpha value is -2.15. The highest BCUT2D eigenvalue weighted by molar-refractivity contribution is 5.90. The molecule has 0 fully saturated rings. The average Bonchev–Trinajstić information content (AvgIpc) is 2.44. The molecule has 0 amide bonds. The highest BCUT2D eigenvalue weighted by atomic mass is 19.1. The van der Waals surface area contributed by atoms with E-state index in [-0.39, 0.29) is 24.8 Å². The molecule has 0 aromatic heterocycles. The predicted molar refractivity (Wildman–Crippen MR) is 73.4 cm³/mol. The lowest BCUT2D eigenvalue weighted by atomic mass is 10.1. The largest absolute Gasteiger partial charge is 0.465 e. The van der Waals surface area contributed by atoms with Gasteiger partial charge in [0, 0.05) is 18.8 Å². The number of methoxy groups -OCH3 is 2. The lowest BCUT2D eigenvalue weighted by Crippen LogP contribution is -2.21. The van der Waals surface area contributed by atoms with Crippen LogP contribution in [0.4, 0.5) is 10.1 Å². The molecule has 0 bridgehead atoms. The van der Waals surface area contributed by atoms with E-state index < -0.39 is 17.8 Å². The van der Waals surface area contributed by atoms with E-state index >= 15 is 0 Å². The van der Waals surface area contributed by atoms with Gasteiger partial charge in [0.2, 0.25) is 0 Å². The summed E-state index contributed by atoms with van der Waals surface area (Å²) in [5, 5.41) is 2.94. The van der Waals surface area contributed by atoms with Crippen molar-refractivity contribution < 1.29 is 28.2 Å². The molecule has 6 nitrogen and oxygen atoms in total. The number of nitrogens with one attached hydrogen (secondary N) is 1. The van der Waals surface area contributed by atoms with Crippen molar-refractivity contribution in [1.29, 1.82) is 0 Å². The van der Waals surface area contributed by atoms with Crippen LogP contribution in [0.25, 0.3) is 0 Å². The number of esters is 2. The third kappa shape index (κ3) is 5.39. The maximum atomic E-state index is 13.7. The van der Waals surface area contributed by atoms with Crippen LogP contribution in [-0.2, 0) is 19.0 Å². The number of halogens is 1. The quantitative estimate of drug-likeness (QED) is 0.613. The lowest BCUT2D eigenvalue weighted by molar-refractivity contribution is -0.154. The third-order valence-corrected chi connectivity index (χ3v) is 2.60. The van der Waals surface area contributed by atoms with Gasteiger partial charge in [0.25, 0.3) is 0 Å². The number of rotatable bonds is 7. The van der Waals surface area contributed by atoms with Crippen LogP contribution < -0.4 is 5.32 Å². The van der Waals surface area contributed by atoms with Crippen molar-refractivity contribution in [2.75, 3.05) is 26.3 Å². The molecular weight excluding hydrogens is 281 g/mol. The summed E-state index contributed by atoms with van der Waals surface area (Å²) in [6, 6.07) is 3.76. The van der Waals surface area contributed by atoms with Crippen molar-refractivity contribution in [3.8, 4) is 0 Å². The topological polar surface area (TPSA) is 73.9 Å². The first-order valence-electron chi connectivity index (χ1n) is 6.27. The molecule has 0 aliphatic rings. The monoisotopic (exact) mass is 299 g/mol. The standard InChI is InChI=1S/C14H18FNO5/c1-9(6-13(17)21-8-19-2)16-10-4-5-11(12(15)7-10)14(18)20-3/h4-5,7,9,16H,6,8H2,1-3H3/t9-/m1/s1. The normalized spacial score (nSPS) is 11.6. The number of hydrogen-bond acceptors (Lipinski definition) is 6. The minimum Gasteiger partial charge on any atom is -0.465 e. The summed E-state index contributed by atoms with van der Waals surface area (Å²) < 4.78 is 27.5. The predicted octanol–water partition coefficient (Wildman–Crippen LogP) is 1.95. The van der Waals surface area contributed by atoms with Gasteiger partial charge in [-0.3, -0.25) is 4.79 Å². The van der Waals surface area contributed by atoms with Crippen LogP contribution in [0, 0.1) is 5.82 Å². The maximum Gasteiger partial charge on any atom is 0.340 e.